The molecular weight excluding hydrogens is 558 g/mol. The number of halogens is 6. The minimum absolute atomic E-state index is 0. The number of allylic oxidation sites excluding steroid dienone is 8. The fraction of sp³-hybridized carbons (Fsp3) is 0.500. The molecule has 0 radical (unpaired) electrons. The van der Waals surface area contributed by atoms with Gasteiger partial charge in [0.25, 0.3) is 0 Å². The first-order valence-corrected chi connectivity index (χ1v) is 10.5. The van der Waals surface area contributed by atoms with Crippen LogP contribution in [0, 0.1) is 12.2 Å². The molecule has 2 rings (SSSR count). The standard InChI is InChI=1S/2C7H9.2CHF3O3S.Zr/c2*1-6-3-4-7(2)5-6;2*2-1(3,4)8(5,6)7;/h2*3H,4H2,1-2H3;2*(H,5,6,7);/q2*-1;;;+4/p-2. The third kappa shape index (κ3) is 17.5. The summed E-state index contributed by atoms with van der Waals surface area (Å²) in [6, 6.07) is 0. The molecule has 0 bridgehead atoms. The molecule has 0 saturated heterocycles. The fourth-order valence-corrected chi connectivity index (χ4v) is 1.49. The monoisotopic (exact) mass is 574 g/mol. The van der Waals surface area contributed by atoms with E-state index in [9.17, 15) is 26.3 Å². The topological polar surface area (TPSA) is 114 Å². The van der Waals surface area contributed by atoms with E-state index in [2.05, 4.69) is 52.0 Å². The van der Waals surface area contributed by atoms with Crippen LogP contribution in [0.15, 0.2) is 34.4 Å². The number of hydrogen-bond donors (Lipinski definition) is 0. The summed E-state index contributed by atoms with van der Waals surface area (Å²) in [7, 11) is -12.2. The van der Waals surface area contributed by atoms with Gasteiger partial charge in [-0.15, -0.1) is 0 Å². The van der Waals surface area contributed by atoms with Gasteiger partial charge in [-0.2, -0.15) is 37.5 Å². The molecule has 0 unspecified atom stereocenters. The molecule has 0 aromatic heterocycles. The maximum absolute atomic E-state index is 10.7. The predicted octanol–water partition coefficient (Wildman–Crippen LogP) is 4.27. The summed E-state index contributed by atoms with van der Waals surface area (Å²) < 4.78 is 118. The van der Waals surface area contributed by atoms with Gasteiger partial charge in [0, 0.05) is 0 Å². The van der Waals surface area contributed by atoms with E-state index in [-0.39, 0.29) is 26.2 Å². The van der Waals surface area contributed by atoms with Crippen molar-refractivity contribution in [3.05, 3.63) is 46.6 Å². The second-order valence-corrected chi connectivity index (χ2v) is 8.54. The van der Waals surface area contributed by atoms with E-state index >= 15 is 0 Å². The van der Waals surface area contributed by atoms with Crippen LogP contribution in [0.2, 0.25) is 0 Å². The number of rotatable bonds is 0. The minimum Gasteiger partial charge on any atom is -0.741 e. The molecule has 0 aromatic carbocycles. The van der Waals surface area contributed by atoms with Crippen molar-refractivity contribution < 1.29 is 78.5 Å². The smallest absolute Gasteiger partial charge is 0.741 e. The first-order chi connectivity index (χ1) is 13.1. The number of hydrogen-bond acceptors (Lipinski definition) is 6. The zero-order valence-corrected chi connectivity index (χ0v) is 20.7. The van der Waals surface area contributed by atoms with Crippen molar-refractivity contribution in [2.45, 2.75) is 51.6 Å². The van der Waals surface area contributed by atoms with Crippen molar-refractivity contribution >= 4 is 20.2 Å². The van der Waals surface area contributed by atoms with E-state index < -0.39 is 31.3 Å². The average Bonchev–Trinajstić information content (AvgIpc) is 3.04. The van der Waals surface area contributed by atoms with Crippen LogP contribution in [0.4, 0.5) is 26.3 Å². The Hall–Kier alpha value is -0.757. The average molecular weight is 576 g/mol. The van der Waals surface area contributed by atoms with Crippen LogP contribution < -0.4 is 0 Å². The molecule has 176 valence electrons. The summed E-state index contributed by atoms with van der Waals surface area (Å²) >= 11 is 0. The maximum atomic E-state index is 10.7. The molecular formula is C16H18F6O6S2Zr. The zero-order chi connectivity index (χ0) is 24.6. The molecule has 0 fully saturated rings. The van der Waals surface area contributed by atoms with E-state index in [0.29, 0.717) is 0 Å². The molecule has 31 heavy (non-hydrogen) atoms. The minimum atomic E-state index is -6.09. The molecule has 0 spiro atoms. The molecule has 0 aromatic rings. The predicted molar refractivity (Wildman–Crippen MR) is 93.1 cm³/mol. The second kappa shape index (κ2) is 13.7. The first-order valence-electron chi connectivity index (χ1n) is 7.64. The Morgan fingerprint density at radius 1 is 0.710 bits per heavy atom. The molecule has 0 heterocycles. The molecule has 15 heteroatoms. The van der Waals surface area contributed by atoms with Crippen LogP contribution in [-0.4, -0.2) is 37.0 Å². The van der Waals surface area contributed by atoms with Gasteiger partial charge >= 0.3 is 37.2 Å². The Morgan fingerprint density at radius 2 is 0.903 bits per heavy atom. The van der Waals surface area contributed by atoms with Crippen molar-refractivity contribution in [1.29, 1.82) is 0 Å². The molecule has 2 aliphatic carbocycles. The molecule has 2 aliphatic rings. The van der Waals surface area contributed by atoms with Gasteiger partial charge in [0.15, 0.2) is 20.2 Å². The van der Waals surface area contributed by atoms with Crippen molar-refractivity contribution in [1.82, 2.24) is 0 Å². The number of alkyl halides is 6. The van der Waals surface area contributed by atoms with Crippen LogP contribution in [0.1, 0.15) is 40.5 Å². The van der Waals surface area contributed by atoms with Gasteiger partial charge in [-0.1, -0.05) is 40.5 Å². The van der Waals surface area contributed by atoms with E-state index in [1.165, 1.54) is 22.3 Å². The van der Waals surface area contributed by atoms with E-state index in [1.807, 2.05) is 0 Å². The SMILES string of the molecule is CC1=[C-]C(C)=CC1.CC1=[C-]C(C)=CC1.O=S(=O)([O-])C(F)(F)F.O=S(=O)([O-])C(F)(F)F.[Zr+4]. The normalized spacial score (nSPS) is 15.9. The van der Waals surface area contributed by atoms with E-state index in [4.69, 9.17) is 25.9 Å². The molecule has 0 N–H and O–H groups in total. The van der Waals surface area contributed by atoms with Crippen molar-refractivity contribution in [2.75, 3.05) is 0 Å². The molecule has 0 aliphatic heterocycles. The summed E-state index contributed by atoms with van der Waals surface area (Å²) in [5.74, 6) is 0. The molecule has 6 nitrogen and oxygen atoms in total. The van der Waals surface area contributed by atoms with E-state index in [0.717, 1.165) is 12.8 Å². The third-order valence-corrected chi connectivity index (χ3v) is 3.95. The second-order valence-electron chi connectivity index (χ2n) is 5.79. The third-order valence-electron chi connectivity index (χ3n) is 2.82. The van der Waals surface area contributed by atoms with Crippen LogP contribution in [0.25, 0.3) is 0 Å². The Kier molecular flexibility index (Phi) is 15.4. The van der Waals surface area contributed by atoms with Crippen LogP contribution in [0.3, 0.4) is 0 Å². The Bertz CT molecular complexity index is 835. The summed E-state index contributed by atoms with van der Waals surface area (Å²) in [6.07, 6.45) is 13.0. The van der Waals surface area contributed by atoms with Gasteiger partial charge in [0.2, 0.25) is 0 Å². The Balaban J connectivity index is -0.000000334. The van der Waals surface area contributed by atoms with Crippen molar-refractivity contribution in [3.8, 4) is 0 Å². The van der Waals surface area contributed by atoms with Crippen molar-refractivity contribution in [3.63, 3.8) is 0 Å². The van der Waals surface area contributed by atoms with Gasteiger partial charge < -0.3 is 9.11 Å². The van der Waals surface area contributed by atoms with Gasteiger partial charge in [-0.05, 0) is 0 Å². The Labute approximate surface area is 196 Å². The first kappa shape index (κ1) is 34.8. The largest absolute Gasteiger partial charge is 4.00 e. The fourth-order valence-electron chi connectivity index (χ4n) is 1.49. The van der Waals surface area contributed by atoms with E-state index in [1.54, 1.807) is 0 Å². The van der Waals surface area contributed by atoms with Gasteiger partial charge in [0.1, 0.15) is 0 Å². The summed E-state index contributed by atoms with van der Waals surface area (Å²) in [5, 5.41) is 0. The zero-order valence-electron chi connectivity index (χ0n) is 16.6. The molecule has 0 saturated carbocycles. The van der Waals surface area contributed by atoms with Crippen LogP contribution >= 0.6 is 0 Å². The molecule has 0 amide bonds. The van der Waals surface area contributed by atoms with Gasteiger partial charge in [-0.25, -0.2) is 40.1 Å². The molecule has 0 atom stereocenters. The van der Waals surface area contributed by atoms with Crippen molar-refractivity contribution in [2.24, 2.45) is 0 Å². The Morgan fingerprint density at radius 3 is 0.935 bits per heavy atom. The van der Waals surface area contributed by atoms with Gasteiger partial charge in [0.05, 0.1) is 0 Å². The van der Waals surface area contributed by atoms with Gasteiger partial charge in [-0.3, -0.25) is 12.2 Å². The van der Waals surface area contributed by atoms with Crippen LogP contribution in [0.5, 0.6) is 0 Å². The maximum Gasteiger partial charge on any atom is 4.00 e. The summed E-state index contributed by atoms with van der Waals surface area (Å²) in [4.78, 5) is 0. The summed E-state index contributed by atoms with van der Waals surface area (Å²) in [6.45, 7) is 8.37. The quantitative estimate of drug-likeness (QED) is 0.184. The summed E-state index contributed by atoms with van der Waals surface area (Å²) in [5.41, 5.74) is -6.00. The van der Waals surface area contributed by atoms with Crippen LogP contribution in [-0.2, 0) is 46.4 Å².